The van der Waals surface area contributed by atoms with Crippen LogP contribution in [0.5, 0.6) is 5.75 Å². The number of nitrogens with zero attached hydrogens (tertiary/aromatic N) is 2. The zero-order chi connectivity index (χ0) is 20.2. The maximum atomic E-state index is 12.4. The van der Waals surface area contributed by atoms with Crippen molar-refractivity contribution in [3.8, 4) is 5.75 Å². The number of nitrogens with one attached hydrogen (secondary N) is 2. The molecule has 2 amide bonds. The van der Waals surface area contributed by atoms with Crippen LogP contribution in [0, 0.1) is 0 Å². The maximum absolute atomic E-state index is 12.4. The molecule has 0 saturated carbocycles. The third kappa shape index (κ3) is 4.41. The molecule has 1 aromatic heterocycles. The topological polar surface area (TPSA) is 77.7 Å². The van der Waals surface area contributed by atoms with Crippen molar-refractivity contribution >= 4 is 22.6 Å². The SMILES string of the molecule is COc1ccc2[nH]c(=O)c(CN3CCN(C(=O)Nc4ccccc4)CC3)cc2c1. The molecule has 0 bridgehead atoms. The van der Waals surface area contributed by atoms with Crippen molar-refractivity contribution in [2.24, 2.45) is 0 Å². The van der Waals surface area contributed by atoms with Gasteiger partial charge < -0.3 is 19.9 Å². The van der Waals surface area contributed by atoms with Crippen LogP contribution in [0.4, 0.5) is 10.5 Å². The lowest BCUT2D eigenvalue weighted by molar-refractivity contribution is 0.142. The largest absolute Gasteiger partial charge is 0.497 e. The van der Waals surface area contributed by atoms with E-state index in [-0.39, 0.29) is 11.6 Å². The fourth-order valence-corrected chi connectivity index (χ4v) is 3.55. The molecule has 0 aliphatic carbocycles. The molecule has 1 aliphatic heterocycles. The number of fused-ring (bicyclic) bond motifs is 1. The number of methoxy groups -OCH3 is 1. The molecule has 2 N–H and O–H groups in total. The summed E-state index contributed by atoms with van der Waals surface area (Å²) in [6.45, 7) is 3.24. The lowest BCUT2D eigenvalue weighted by atomic mass is 10.1. The second kappa shape index (κ2) is 8.36. The summed E-state index contributed by atoms with van der Waals surface area (Å²) in [7, 11) is 1.63. The molecule has 3 aromatic rings. The third-order valence-corrected chi connectivity index (χ3v) is 5.21. The maximum Gasteiger partial charge on any atom is 0.321 e. The summed E-state index contributed by atoms with van der Waals surface area (Å²) in [5.41, 5.74) is 2.22. The van der Waals surface area contributed by atoms with E-state index >= 15 is 0 Å². The summed E-state index contributed by atoms with van der Waals surface area (Å²) in [6.07, 6.45) is 0. The lowest BCUT2D eigenvalue weighted by Crippen LogP contribution is -2.49. The number of H-pyrrole nitrogens is 1. The first-order chi connectivity index (χ1) is 14.1. The molecule has 2 heterocycles. The molecule has 0 atom stereocenters. The van der Waals surface area contributed by atoms with Gasteiger partial charge in [-0.1, -0.05) is 18.2 Å². The second-order valence-corrected chi connectivity index (χ2v) is 7.14. The number of ether oxygens (including phenoxy) is 1. The molecule has 0 spiro atoms. The number of aromatic amines is 1. The van der Waals surface area contributed by atoms with E-state index in [1.807, 2.05) is 54.6 Å². The Labute approximate surface area is 168 Å². The molecule has 29 heavy (non-hydrogen) atoms. The fourth-order valence-electron chi connectivity index (χ4n) is 3.55. The Bertz CT molecular complexity index is 1060. The van der Waals surface area contributed by atoms with E-state index in [1.54, 1.807) is 12.0 Å². The number of pyridine rings is 1. The van der Waals surface area contributed by atoms with Crippen molar-refractivity contribution in [3.05, 3.63) is 70.5 Å². The Morgan fingerprint density at radius 2 is 1.83 bits per heavy atom. The van der Waals surface area contributed by atoms with Gasteiger partial charge in [-0.3, -0.25) is 9.69 Å². The minimum absolute atomic E-state index is 0.0769. The first-order valence-electron chi connectivity index (χ1n) is 9.65. The Kier molecular flexibility index (Phi) is 5.48. The van der Waals surface area contributed by atoms with E-state index in [2.05, 4.69) is 15.2 Å². The number of para-hydroxylation sites is 1. The van der Waals surface area contributed by atoms with Gasteiger partial charge in [0, 0.05) is 54.9 Å². The number of piperazine rings is 1. The molecule has 7 nitrogen and oxygen atoms in total. The van der Waals surface area contributed by atoms with Crippen LogP contribution in [0.3, 0.4) is 0 Å². The van der Waals surface area contributed by atoms with Crippen molar-refractivity contribution < 1.29 is 9.53 Å². The molecular formula is C22H24N4O3. The summed E-state index contributed by atoms with van der Waals surface area (Å²) < 4.78 is 5.27. The van der Waals surface area contributed by atoms with Gasteiger partial charge in [-0.25, -0.2) is 4.79 Å². The third-order valence-electron chi connectivity index (χ3n) is 5.21. The number of urea groups is 1. The smallest absolute Gasteiger partial charge is 0.321 e. The first-order valence-corrected chi connectivity index (χ1v) is 9.65. The van der Waals surface area contributed by atoms with Crippen LogP contribution in [0.1, 0.15) is 5.56 Å². The van der Waals surface area contributed by atoms with Crippen LogP contribution in [-0.4, -0.2) is 54.1 Å². The standard InChI is InChI=1S/C22H24N4O3/c1-29-19-7-8-20-16(14-19)13-17(21(27)24-20)15-25-9-11-26(12-10-25)22(28)23-18-5-3-2-4-6-18/h2-8,13-14H,9-12,15H2,1H3,(H,23,28)(H,24,27). The van der Waals surface area contributed by atoms with E-state index in [0.29, 0.717) is 25.2 Å². The predicted molar refractivity (Wildman–Crippen MR) is 113 cm³/mol. The average molecular weight is 392 g/mol. The number of rotatable bonds is 4. The van der Waals surface area contributed by atoms with Gasteiger partial charge in [-0.2, -0.15) is 0 Å². The van der Waals surface area contributed by atoms with Gasteiger partial charge in [0.05, 0.1) is 7.11 Å². The lowest BCUT2D eigenvalue weighted by Gasteiger charge is -2.34. The number of aromatic nitrogens is 1. The number of carbonyl (C=O) groups is 1. The Hall–Kier alpha value is -3.32. The fraction of sp³-hybridized carbons (Fsp3) is 0.273. The van der Waals surface area contributed by atoms with Gasteiger partial charge in [0.1, 0.15) is 5.75 Å². The quantitative estimate of drug-likeness (QED) is 0.716. The molecule has 1 saturated heterocycles. The van der Waals surface area contributed by atoms with Crippen LogP contribution in [0.2, 0.25) is 0 Å². The molecular weight excluding hydrogens is 368 g/mol. The molecule has 150 valence electrons. The Morgan fingerprint density at radius 1 is 1.07 bits per heavy atom. The van der Waals surface area contributed by atoms with Crippen LogP contribution >= 0.6 is 0 Å². The van der Waals surface area contributed by atoms with Crippen molar-refractivity contribution in [3.63, 3.8) is 0 Å². The summed E-state index contributed by atoms with van der Waals surface area (Å²) in [5, 5.41) is 3.86. The molecule has 2 aromatic carbocycles. The minimum atomic E-state index is -0.0912. The predicted octanol–water partition coefficient (Wildman–Crippen LogP) is 2.89. The van der Waals surface area contributed by atoms with Gasteiger partial charge in [0.2, 0.25) is 0 Å². The molecule has 7 heteroatoms. The molecule has 4 rings (SSSR count). The van der Waals surface area contributed by atoms with E-state index in [1.165, 1.54) is 0 Å². The summed E-state index contributed by atoms with van der Waals surface area (Å²) >= 11 is 0. The number of amides is 2. The highest BCUT2D eigenvalue weighted by atomic mass is 16.5. The number of hydrogen-bond donors (Lipinski definition) is 2. The van der Waals surface area contributed by atoms with E-state index in [9.17, 15) is 9.59 Å². The summed E-state index contributed by atoms with van der Waals surface area (Å²) in [5.74, 6) is 0.758. The minimum Gasteiger partial charge on any atom is -0.497 e. The first kappa shape index (κ1) is 19.0. The molecule has 1 aliphatic rings. The van der Waals surface area contributed by atoms with Gasteiger partial charge >= 0.3 is 6.03 Å². The molecule has 0 unspecified atom stereocenters. The van der Waals surface area contributed by atoms with Gasteiger partial charge in [-0.05, 0) is 36.4 Å². The number of benzene rings is 2. The average Bonchev–Trinajstić information content (AvgIpc) is 2.75. The monoisotopic (exact) mass is 392 g/mol. The Balaban J connectivity index is 1.38. The van der Waals surface area contributed by atoms with Crippen molar-refractivity contribution in [2.45, 2.75) is 6.54 Å². The Morgan fingerprint density at radius 3 is 2.55 bits per heavy atom. The molecule has 1 fully saturated rings. The molecule has 0 radical (unpaired) electrons. The van der Waals surface area contributed by atoms with Crippen LogP contribution in [0.15, 0.2) is 59.4 Å². The number of hydrogen-bond acceptors (Lipinski definition) is 4. The normalized spacial score (nSPS) is 14.7. The van der Waals surface area contributed by atoms with Crippen LogP contribution < -0.4 is 15.6 Å². The van der Waals surface area contributed by atoms with Gasteiger partial charge in [0.15, 0.2) is 0 Å². The van der Waals surface area contributed by atoms with Crippen molar-refractivity contribution in [1.29, 1.82) is 0 Å². The van der Waals surface area contributed by atoms with Crippen molar-refractivity contribution in [2.75, 3.05) is 38.6 Å². The highest BCUT2D eigenvalue weighted by Crippen LogP contribution is 2.19. The number of carbonyl (C=O) groups excluding carboxylic acids is 1. The van der Waals surface area contributed by atoms with Crippen molar-refractivity contribution in [1.82, 2.24) is 14.8 Å². The van der Waals surface area contributed by atoms with Gasteiger partial charge in [0.25, 0.3) is 5.56 Å². The summed E-state index contributed by atoms with van der Waals surface area (Å²) in [4.78, 5) is 31.8. The number of anilines is 1. The second-order valence-electron chi connectivity index (χ2n) is 7.14. The highest BCUT2D eigenvalue weighted by molar-refractivity contribution is 5.89. The highest BCUT2D eigenvalue weighted by Gasteiger charge is 2.22. The van der Waals surface area contributed by atoms with E-state index in [4.69, 9.17) is 4.74 Å². The van der Waals surface area contributed by atoms with Crippen LogP contribution in [0.25, 0.3) is 10.9 Å². The van der Waals surface area contributed by atoms with Gasteiger partial charge in [-0.15, -0.1) is 0 Å². The van der Waals surface area contributed by atoms with E-state index in [0.717, 1.165) is 35.4 Å². The summed E-state index contributed by atoms with van der Waals surface area (Å²) in [6, 6.07) is 16.9. The van der Waals surface area contributed by atoms with Crippen LogP contribution in [-0.2, 0) is 6.54 Å². The zero-order valence-corrected chi connectivity index (χ0v) is 16.4. The zero-order valence-electron chi connectivity index (χ0n) is 16.4. The van der Waals surface area contributed by atoms with E-state index < -0.39 is 0 Å².